The Morgan fingerprint density at radius 3 is 2.65 bits per heavy atom. The number of hydrogen-bond acceptors (Lipinski definition) is 3. The van der Waals surface area contributed by atoms with Gasteiger partial charge in [0.1, 0.15) is 5.76 Å². The molecule has 4 heteroatoms. The maximum absolute atomic E-state index is 5.52. The SMILES string of the molecule is CCc1cnc(CNCc2ccc(I)cc2)o1. The highest BCUT2D eigenvalue weighted by Crippen LogP contribution is 2.07. The number of rotatable bonds is 5. The van der Waals surface area contributed by atoms with Crippen LogP contribution < -0.4 is 5.32 Å². The number of aromatic nitrogens is 1. The van der Waals surface area contributed by atoms with Gasteiger partial charge in [0.25, 0.3) is 0 Å². The van der Waals surface area contributed by atoms with Gasteiger partial charge in [0.15, 0.2) is 0 Å². The molecule has 17 heavy (non-hydrogen) atoms. The molecule has 0 amide bonds. The van der Waals surface area contributed by atoms with Gasteiger partial charge in [-0.3, -0.25) is 0 Å². The molecule has 0 saturated heterocycles. The summed E-state index contributed by atoms with van der Waals surface area (Å²) in [5.41, 5.74) is 1.27. The third kappa shape index (κ3) is 3.81. The lowest BCUT2D eigenvalue weighted by Gasteiger charge is -2.02. The molecule has 0 aliphatic rings. The fraction of sp³-hybridized carbons (Fsp3) is 0.308. The molecular formula is C13H15IN2O. The van der Waals surface area contributed by atoms with Crippen LogP contribution in [-0.2, 0) is 19.5 Å². The molecule has 0 fully saturated rings. The lowest BCUT2D eigenvalue weighted by atomic mass is 10.2. The van der Waals surface area contributed by atoms with Crippen LogP contribution in [0, 0.1) is 3.57 Å². The summed E-state index contributed by atoms with van der Waals surface area (Å²) in [4.78, 5) is 4.20. The number of nitrogens with zero attached hydrogens (tertiary/aromatic N) is 1. The lowest BCUT2D eigenvalue weighted by Crippen LogP contribution is -2.12. The van der Waals surface area contributed by atoms with Gasteiger partial charge in [0, 0.05) is 16.5 Å². The van der Waals surface area contributed by atoms with E-state index in [0.29, 0.717) is 6.54 Å². The van der Waals surface area contributed by atoms with E-state index in [9.17, 15) is 0 Å². The zero-order valence-corrected chi connectivity index (χ0v) is 11.9. The van der Waals surface area contributed by atoms with Crippen molar-refractivity contribution >= 4 is 22.6 Å². The minimum atomic E-state index is 0.673. The van der Waals surface area contributed by atoms with Crippen molar-refractivity contribution in [2.45, 2.75) is 26.4 Å². The molecule has 2 rings (SSSR count). The molecule has 0 atom stereocenters. The molecule has 1 heterocycles. The van der Waals surface area contributed by atoms with E-state index >= 15 is 0 Å². The fourth-order valence-corrected chi connectivity index (χ4v) is 1.87. The molecular weight excluding hydrogens is 327 g/mol. The van der Waals surface area contributed by atoms with Gasteiger partial charge in [0.05, 0.1) is 12.7 Å². The van der Waals surface area contributed by atoms with Gasteiger partial charge >= 0.3 is 0 Å². The van der Waals surface area contributed by atoms with Crippen molar-refractivity contribution in [3.05, 3.63) is 51.2 Å². The Kier molecular flexibility index (Phi) is 4.56. The first-order valence-corrected chi connectivity index (χ1v) is 6.74. The normalized spacial score (nSPS) is 10.7. The van der Waals surface area contributed by atoms with Crippen LogP contribution in [0.5, 0.6) is 0 Å². The maximum Gasteiger partial charge on any atom is 0.208 e. The first kappa shape index (κ1) is 12.6. The number of benzene rings is 1. The van der Waals surface area contributed by atoms with Gasteiger partial charge in [-0.2, -0.15) is 0 Å². The zero-order chi connectivity index (χ0) is 12.1. The number of halogens is 1. The summed E-state index contributed by atoms with van der Waals surface area (Å²) in [5.74, 6) is 1.70. The minimum Gasteiger partial charge on any atom is -0.444 e. The lowest BCUT2D eigenvalue weighted by molar-refractivity contribution is 0.439. The predicted octanol–water partition coefficient (Wildman–Crippen LogP) is 3.13. The van der Waals surface area contributed by atoms with Crippen LogP contribution in [0.25, 0.3) is 0 Å². The Hall–Kier alpha value is -0.880. The molecule has 0 unspecified atom stereocenters. The second kappa shape index (κ2) is 6.16. The fourth-order valence-electron chi connectivity index (χ4n) is 1.51. The second-order valence-electron chi connectivity index (χ2n) is 3.80. The highest BCUT2D eigenvalue weighted by atomic mass is 127. The maximum atomic E-state index is 5.52. The Morgan fingerprint density at radius 1 is 1.24 bits per heavy atom. The molecule has 0 aliphatic carbocycles. The standard InChI is InChI=1S/C13H15IN2O/c1-2-12-8-16-13(17-12)9-15-7-10-3-5-11(14)6-4-10/h3-6,8,15H,2,7,9H2,1H3. The molecule has 0 saturated carbocycles. The average Bonchev–Trinajstić information content (AvgIpc) is 2.80. The quantitative estimate of drug-likeness (QED) is 0.849. The van der Waals surface area contributed by atoms with E-state index in [1.807, 2.05) is 0 Å². The van der Waals surface area contributed by atoms with Crippen molar-refractivity contribution in [1.29, 1.82) is 0 Å². The molecule has 0 spiro atoms. The number of oxazole rings is 1. The monoisotopic (exact) mass is 342 g/mol. The van der Waals surface area contributed by atoms with Crippen LogP contribution in [0.1, 0.15) is 24.1 Å². The first-order chi connectivity index (χ1) is 8.28. The first-order valence-electron chi connectivity index (χ1n) is 5.66. The summed E-state index contributed by atoms with van der Waals surface area (Å²) < 4.78 is 6.77. The van der Waals surface area contributed by atoms with Crippen LogP contribution >= 0.6 is 22.6 Å². The van der Waals surface area contributed by atoms with E-state index in [4.69, 9.17) is 4.42 Å². The van der Waals surface area contributed by atoms with E-state index in [1.54, 1.807) is 6.20 Å². The highest BCUT2D eigenvalue weighted by Gasteiger charge is 2.01. The van der Waals surface area contributed by atoms with E-state index < -0.39 is 0 Å². The van der Waals surface area contributed by atoms with Crippen LogP contribution in [-0.4, -0.2) is 4.98 Å². The smallest absolute Gasteiger partial charge is 0.208 e. The second-order valence-corrected chi connectivity index (χ2v) is 5.05. The van der Waals surface area contributed by atoms with Gasteiger partial charge in [-0.05, 0) is 40.3 Å². The molecule has 1 aromatic carbocycles. The number of aryl methyl sites for hydroxylation is 1. The van der Waals surface area contributed by atoms with E-state index in [-0.39, 0.29) is 0 Å². The van der Waals surface area contributed by atoms with E-state index in [1.165, 1.54) is 9.13 Å². The summed E-state index contributed by atoms with van der Waals surface area (Å²) in [6, 6.07) is 8.47. The van der Waals surface area contributed by atoms with Gasteiger partial charge in [0.2, 0.25) is 5.89 Å². The van der Waals surface area contributed by atoms with Crippen molar-refractivity contribution in [3.63, 3.8) is 0 Å². The summed E-state index contributed by atoms with van der Waals surface area (Å²) >= 11 is 2.31. The van der Waals surface area contributed by atoms with E-state index in [2.05, 4.69) is 64.1 Å². The van der Waals surface area contributed by atoms with Crippen molar-refractivity contribution in [3.8, 4) is 0 Å². The van der Waals surface area contributed by atoms with Crippen LogP contribution in [0.4, 0.5) is 0 Å². The molecule has 2 aromatic rings. The number of hydrogen-bond donors (Lipinski definition) is 1. The average molecular weight is 342 g/mol. The Labute approximate surface area is 115 Å². The van der Waals surface area contributed by atoms with Crippen molar-refractivity contribution in [2.75, 3.05) is 0 Å². The molecule has 1 aromatic heterocycles. The summed E-state index contributed by atoms with van der Waals surface area (Å²) in [6.45, 7) is 3.57. The van der Waals surface area contributed by atoms with Crippen LogP contribution in [0.15, 0.2) is 34.9 Å². The number of nitrogens with one attached hydrogen (secondary N) is 1. The molecule has 3 nitrogen and oxygen atoms in total. The summed E-state index contributed by atoms with van der Waals surface area (Å²) in [5, 5.41) is 3.32. The summed E-state index contributed by atoms with van der Waals surface area (Å²) in [6.07, 6.45) is 2.69. The highest BCUT2D eigenvalue weighted by molar-refractivity contribution is 14.1. The van der Waals surface area contributed by atoms with E-state index in [0.717, 1.165) is 24.6 Å². The summed E-state index contributed by atoms with van der Waals surface area (Å²) in [7, 11) is 0. The molecule has 90 valence electrons. The van der Waals surface area contributed by atoms with Gasteiger partial charge < -0.3 is 9.73 Å². The Morgan fingerprint density at radius 2 is 2.00 bits per heavy atom. The van der Waals surface area contributed by atoms with Crippen molar-refractivity contribution < 1.29 is 4.42 Å². The molecule has 0 radical (unpaired) electrons. The third-order valence-electron chi connectivity index (χ3n) is 2.47. The Balaban J connectivity index is 1.81. The Bertz CT molecular complexity index is 465. The van der Waals surface area contributed by atoms with Crippen molar-refractivity contribution in [1.82, 2.24) is 10.3 Å². The van der Waals surface area contributed by atoms with Crippen LogP contribution in [0.3, 0.4) is 0 Å². The zero-order valence-electron chi connectivity index (χ0n) is 9.74. The van der Waals surface area contributed by atoms with Gasteiger partial charge in [-0.15, -0.1) is 0 Å². The molecule has 0 aliphatic heterocycles. The minimum absolute atomic E-state index is 0.673. The largest absolute Gasteiger partial charge is 0.444 e. The topological polar surface area (TPSA) is 38.1 Å². The third-order valence-corrected chi connectivity index (χ3v) is 3.19. The van der Waals surface area contributed by atoms with Gasteiger partial charge in [-0.1, -0.05) is 19.1 Å². The molecule has 0 bridgehead atoms. The molecule has 1 N–H and O–H groups in total. The van der Waals surface area contributed by atoms with Gasteiger partial charge in [-0.25, -0.2) is 4.98 Å². The predicted molar refractivity (Wildman–Crippen MR) is 75.6 cm³/mol. The van der Waals surface area contributed by atoms with Crippen molar-refractivity contribution in [2.24, 2.45) is 0 Å². The van der Waals surface area contributed by atoms with Crippen LogP contribution in [0.2, 0.25) is 0 Å².